The summed E-state index contributed by atoms with van der Waals surface area (Å²) in [5, 5.41) is 7.35. The monoisotopic (exact) mass is 144 g/mol. The molecule has 0 fully saturated rings. The van der Waals surface area contributed by atoms with Crippen molar-refractivity contribution in [1.29, 1.82) is 5.41 Å². The van der Waals surface area contributed by atoms with Crippen LogP contribution in [0.1, 0.15) is 20.8 Å². The van der Waals surface area contributed by atoms with Gasteiger partial charge in [0.1, 0.15) is 5.84 Å². The third kappa shape index (κ3) is 1.68. The highest BCUT2D eigenvalue weighted by Crippen LogP contribution is 2.18. The summed E-state index contributed by atoms with van der Waals surface area (Å²) < 4.78 is 0. The smallest absolute Gasteiger partial charge is 0.115 e. The summed E-state index contributed by atoms with van der Waals surface area (Å²) >= 11 is 0. The van der Waals surface area contributed by atoms with Crippen molar-refractivity contribution in [2.45, 2.75) is 26.8 Å². The Hall–Kier alpha value is -0.610. The van der Waals surface area contributed by atoms with Crippen LogP contribution in [-0.2, 0) is 0 Å². The van der Waals surface area contributed by atoms with Gasteiger partial charge in [-0.2, -0.15) is 0 Å². The Balaban J connectivity index is 4.24. The third-order valence-electron chi connectivity index (χ3n) is 1.93. The predicted octanol–water partition coefficient (Wildman–Crippen LogP) is -0.200. The summed E-state index contributed by atoms with van der Waals surface area (Å²) in [5.74, 6) is 5.33. The van der Waals surface area contributed by atoms with Crippen LogP contribution in [0, 0.1) is 10.8 Å². The predicted molar refractivity (Wildman–Crippen MR) is 42.5 cm³/mol. The van der Waals surface area contributed by atoms with Crippen molar-refractivity contribution in [3.8, 4) is 0 Å². The molecule has 0 saturated heterocycles. The highest BCUT2D eigenvalue weighted by Gasteiger charge is 2.27. The number of nitrogens with two attached hydrogens (primary N) is 2. The van der Waals surface area contributed by atoms with Crippen LogP contribution in [0.4, 0.5) is 0 Å². The van der Waals surface area contributed by atoms with Gasteiger partial charge in [-0.25, -0.2) is 5.84 Å². The van der Waals surface area contributed by atoms with E-state index in [1.807, 2.05) is 20.8 Å². The molecule has 4 nitrogen and oxygen atoms in total. The summed E-state index contributed by atoms with van der Waals surface area (Å²) in [6, 6.07) is -0.0731. The van der Waals surface area contributed by atoms with Crippen molar-refractivity contribution in [1.82, 2.24) is 5.43 Å². The topological polar surface area (TPSA) is 87.9 Å². The van der Waals surface area contributed by atoms with E-state index in [1.165, 1.54) is 0 Å². The lowest BCUT2D eigenvalue weighted by Crippen LogP contribution is -2.49. The number of nitrogens with one attached hydrogen (secondary N) is 2. The van der Waals surface area contributed by atoms with E-state index < -0.39 is 0 Å². The van der Waals surface area contributed by atoms with Crippen molar-refractivity contribution in [2.75, 3.05) is 0 Å². The molecular weight excluding hydrogens is 128 g/mol. The largest absolute Gasteiger partial charge is 0.327 e. The molecule has 0 bridgehead atoms. The van der Waals surface area contributed by atoms with Gasteiger partial charge in [0.05, 0.1) is 0 Å². The summed E-state index contributed by atoms with van der Waals surface area (Å²) in [4.78, 5) is 0. The van der Waals surface area contributed by atoms with Gasteiger partial charge in [-0.1, -0.05) is 13.8 Å². The van der Waals surface area contributed by atoms with E-state index in [4.69, 9.17) is 17.0 Å². The summed E-state index contributed by atoms with van der Waals surface area (Å²) in [7, 11) is 0. The van der Waals surface area contributed by atoms with Gasteiger partial charge in [-0.15, -0.1) is 0 Å². The Bertz CT molecular complexity index is 128. The number of hydrazine groups is 1. The van der Waals surface area contributed by atoms with Gasteiger partial charge in [-0.3, -0.25) is 5.41 Å². The maximum Gasteiger partial charge on any atom is 0.115 e. The molecule has 0 aromatic heterocycles. The van der Waals surface area contributed by atoms with Crippen LogP contribution >= 0.6 is 0 Å². The van der Waals surface area contributed by atoms with Crippen LogP contribution in [0.5, 0.6) is 0 Å². The van der Waals surface area contributed by atoms with Gasteiger partial charge in [0.2, 0.25) is 0 Å². The van der Waals surface area contributed by atoms with Crippen LogP contribution in [0.25, 0.3) is 0 Å². The van der Waals surface area contributed by atoms with Crippen molar-refractivity contribution in [2.24, 2.45) is 17.0 Å². The van der Waals surface area contributed by atoms with Crippen molar-refractivity contribution in [3.05, 3.63) is 0 Å². The molecule has 0 amide bonds. The van der Waals surface area contributed by atoms with Gasteiger partial charge in [-0.05, 0) is 6.92 Å². The van der Waals surface area contributed by atoms with Crippen molar-refractivity contribution < 1.29 is 0 Å². The molecule has 1 atom stereocenters. The molecule has 0 spiro atoms. The van der Waals surface area contributed by atoms with E-state index in [2.05, 4.69) is 5.43 Å². The van der Waals surface area contributed by atoms with Crippen molar-refractivity contribution >= 4 is 5.84 Å². The van der Waals surface area contributed by atoms with Crippen LogP contribution in [-0.4, -0.2) is 11.9 Å². The average molecular weight is 144 g/mol. The number of hydrogen-bond acceptors (Lipinski definition) is 3. The molecule has 4 heteroatoms. The van der Waals surface area contributed by atoms with Crippen LogP contribution in [0.3, 0.4) is 0 Å². The average Bonchev–Trinajstić information content (AvgIpc) is 1.86. The number of rotatable bonds is 2. The lowest BCUT2D eigenvalue weighted by Gasteiger charge is -2.28. The molecule has 0 aliphatic heterocycles. The lowest BCUT2D eigenvalue weighted by atomic mass is 9.85. The highest BCUT2D eigenvalue weighted by molar-refractivity contribution is 5.84. The molecule has 0 rings (SSSR count). The summed E-state index contributed by atoms with van der Waals surface area (Å²) in [6.07, 6.45) is 0. The minimum atomic E-state index is -0.366. The Morgan fingerprint density at radius 1 is 1.60 bits per heavy atom. The van der Waals surface area contributed by atoms with Crippen LogP contribution in [0.2, 0.25) is 0 Å². The number of amidine groups is 1. The molecule has 6 N–H and O–H groups in total. The Labute approximate surface area is 61.4 Å². The zero-order chi connectivity index (χ0) is 8.36. The molecule has 0 saturated carbocycles. The third-order valence-corrected chi connectivity index (χ3v) is 1.93. The Kier molecular flexibility index (Phi) is 2.80. The second-order valence-corrected chi connectivity index (χ2v) is 3.03. The quantitative estimate of drug-likeness (QED) is 0.187. The maximum absolute atomic E-state index is 7.35. The van der Waals surface area contributed by atoms with E-state index in [9.17, 15) is 0 Å². The zero-order valence-corrected chi connectivity index (χ0v) is 6.73. The molecule has 60 valence electrons. The van der Waals surface area contributed by atoms with Gasteiger partial charge < -0.3 is 11.2 Å². The molecule has 0 radical (unpaired) electrons. The molecule has 0 aromatic rings. The lowest BCUT2D eigenvalue weighted by molar-refractivity contribution is 0.414. The molecule has 1 unspecified atom stereocenters. The molecule has 0 aliphatic rings. The van der Waals surface area contributed by atoms with Crippen molar-refractivity contribution in [3.63, 3.8) is 0 Å². The zero-order valence-electron chi connectivity index (χ0n) is 6.73. The fraction of sp³-hybridized carbons (Fsp3) is 0.833. The molecule has 10 heavy (non-hydrogen) atoms. The number of hydrogen-bond donors (Lipinski definition) is 4. The first-order chi connectivity index (χ1) is 4.42. The first-order valence-electron chi connectivity index (χ1n) is 3.24. The molecule has 0 aromatic carbocycles. The van der Waals surface area contributed by atoms with E-state index in [-0.39, 0.29) is 17.3 Å². The molecule has 0 aliphatic carbocycles. The first-order valence-corrected chi connectivity index (χ1v) is 3.24. The SMILES string of the molecule is CC(N)C(C)(C)C(=N)NN. The summed E-state index contributed by atoms with van der Waals surface area (Å²) in [6.45, 7) is 5.60. The van der Waals surface area contributed by atoms with Gasteiger partial charge >= 0.3 is 0 Å². The second kappa shape index (κ2) is 2.98. The Morgan fingerprint density at radius 3 is 2.10 bits per heavy atom. The Morgan fingerprint density at radius 2 is 2.00 bits per heavy atom. The first kappa shape index (κ1) is 9.39. The molecular formula is C6H16N4. The minimum Gasteiger partial charge on any atom is -0.327 e. The van der Waals surface area contributed by atoms with E-state index in [0.717, 1.165) is 0 Å². The van der Waals surface area contributed by atoms with Gasteiger partial charge in [0.15, 0.2) is 0 Å². The van der Waals surface area contributed by atoms with Gasteiger partial charge in [0.25, 0.3) is 0 Å². The van der Waals surface area contributed by atoms with Crippen LogP contribution in [0.15, 0.2) is 0 Å². The van der Waals surface area contributed by atoms with E-state index >= 15 is 0 Å². The normalized spacial score (nSPS) is 14.5. The fourth-order valence-electron chi connectivity index (χ4n) is 0.414. The second-order valence-electron chi connectivity index (χ2n) is 3.03. The fourth-order valence-corrected chi connectivity index (χ4v) is 0.414. The maximum atomic E-state index is 7.35. The van der Waals surface area contributed by atoms with E-state index in [0.29, 0.717) is 0 Å². The summed E-state index contributed by atoms with van der Waals surface area (Å²) in [5.41, 5.74) is 7.53. The highest BCUT2D eigenvalue weighted by atomic mass is 15.2. The van der Waals surface area contributed by atoms with E-state index in [1.54, 1.807) is 0 Å². The standard InChI is InChI=1S/C6H16N4/c1-4(7)6(2,3)5(8)10-9/h4H,7,9H2,1-3H3,(H2,8,10). The minimum absolute atomic E-state index is 0.0731. The van der Waals surface area contributed by atoms with Gasteiger partial charge in [0, 0.05) is 11.5 Å². The molecule has 0 heterocycles. The van der Waals surface area contributed by atoms with Crippen LogP contribution < -0.4 is 17.0 Å².